The Morgan fingerprint density at radius 1 is 1.27 bits per heavy atom. The number of nitrogens with two attached hydrogens (primary N) is 1. The molecule has 0 atom stereocenters. The van der Waals surface area contributed by atoms with E-state index in [1.165, 1.54) is 6.07 Å². The van der Waals surface area contributed by atoms with Crippen LogP contribution in [-0.4, -0.2) is 18.3 Å². The van der Waals surface area contributed by atoms with Crippen LogP contribution in [0.2, 0.25) is 0 Å². The van der Waals surface area contributed by atoms with Crippen molar-refractivity contribution >= 4 is 17.4 Å². The topological polar surface area (TPSA) is 38.0 Å². The Hall–Kier alpha value is -0.740. The molecule has 2 rings (SSSR count). The van der Waals surface area contributed by atoms with Gasteiger partial charge in [0.05, 0.1) is 0 Å². The molecule has 1 heterocycles. The van der Waals surface area contributed by atoms with Gasteiger partial charge in [0.15, 0.2) is 0 Å². The van der Waals surface area contributed by atoms with Crippen molar-refractivity contribution in [2.45, 2.75) is 23.0 Å². The Morgan fingerprint density at radius 2 is 2.00 bits per heavy atom. The number of hydrogen-bond donors (Lipinski definition) is 2. The molecule has 3 N–H and O–H groups in total. The van der Waals surface area contributed by atoms with E-state index in [-0.39, 0.29) is 5.82 Å². The summed E-state index contributed by atoms with van der Waals surface area (Å²) in [4.78, 5) is 0.944. The van der Waals surface area contributed by atoms with Gasteiger partial charge in [0, 0.05) is 15.8 Å². The molecule has 1 aromatic rings. The number of thioether (sulfide) groups is 1. The molecule has 82 valence electrons. The molecule has 0 radical (unpaired) electrons. The van der Waals surface area contributed by atoms with E-state index in [1.807, 2.05) is 6.07 Å². The smallest absolute Gasteiger partial charge is 0.126 e. The molecule has 0 aliphatic carbocycles. The second-order valence-electron chi connectivity index (χ2n) is 3.79. The Labute approximate surface area is 93.4 Å². The lowest BCUT2D eigenvalue weighted by molar-refractivity contribution is 0.531. The number of piperidine rings is 1. The van der Waals surface area contributed by atoms with Crippen LogP contribution >= 0.6 is 11.8 Å². The lowest BCUT2D eigenvalue weighted by Gasteiger charge is -2.22. The van der Waals surface area contributed by atoms with Crippen molar-refractivity contribution in [2.24, 2.45) is 0 Å². The van der Waals surface area contributed by atoms with Gasteiger partial charge in [-0.2, -0.15) is 0 Å². The highest BCUT2D eigenvalue weighted by Gasteiger charge is 2.14. The Morgan fingerprint density at radius 3 is 2.67 bits per heavy atom. The second-order valence-corrected chi connectivity index (χ2v) is 5.16. The second kappa shape index (κ2) is 4.86. The number of benzene rings is 1. The van der Waals surface area contributed by atoms with Crippen molar-refractivity contribution in [3.63, 3.8) is 0 Å². The Bertz CT molecular complexity index is 317. The van der Waals surface area contributed by atoms with Gasteiger partial charge in [0.1, 0.15) is 5.82 Å². The first-order chi connectivity index (χ1) is 7.24. The summed E-state index contributed by atoms with van der Waals surface area (Å²) in [6, 6.07) is 4.76. The van der Waals surface area contributed by atoms with Gasteiger partial charge in [-0.05, 0) is 44.1 Å². The third-order valence-corrected chi connectivity index (χ3v) is 3.80. The first-order valence-corrected chi connectivity index (χ1v) is 6.05. The minimum atomic E-state index is -0.244. The van der Waals surface area contributed by atoms with Crippen LogP contribution in [0.4, 0.5) is 10.1 Å². The molecule has 0 bridgehead atoms. The maximum atomic E-state index is 13.1. The molecule has 4 heteroatoms. The van der Waals surface area contributed by atoms with Gasteiger partial charge < -0.3 is 11.1 Å². The highest BCUT2D eigenvalue weighted by Crippen LogP contribution is 2.30. The average molecular weight is 226 g/mol. The van der Waals surface area contributed by atoms with E-state index in [2.05, 4.69) is 5.32 Å². The van der Waals surface area contributed by atoms with Gasteiger partial charge in [0.25, 0.3) is 0 Å². The van der Waals surface area contributed by atoms with Crippen LogP contribution in [0.15, 0.2) is 23.1 Å². The minimum absolute atomic E-state index is 0.244. The third-order valence-electron chi connectivity index (χ3n) is 2.48. The fourth-order valence-corrected chi connectivity index (χ4v) is 3.00. The molecule has 0 saturated carbocycles. The predicted octanol–water partition coefficient (Wildman–Crippen LogP) is 2.25. The van der Waals surface area contributed by atoms with Gasteiger partial charge in [-0.15, -0.1) is 11.8 Å². The lowest BCUT2D eigenvalue weighted by Crippen LogP contribution is -2.29. The molecule has 2 nitrogen and oxygen atoms in total. The van der Waals surface area contributed by atoms with E-state index >= 15 is 0 Å². The van der Waals surface area contributed by atoms with Gasteiger partial charge in [-0.1, -0.05) is 0 Å². The van der Waals surface area contributed by atoms with E-state index in [0.29, 0.717) is 10.9 Å². The minimum Gasteiger partial charge on any atom is -0.399 e. The molecule has 0 spiro atoms. The number of anilines is 1. The summed E-state index contributed by atoms with van der Waals surface area (Å²) in [5.74, 6) is -0.244. The van der Waals surface area contributed by atoms with Crippen molar-refractivity contribution in [1.29, 1.82) is 0 Å². The zero-order chi connectivity index (χ0) is 10.7. The summed E-state index contributed by atoms with van der Waals surface area (Å²) < 4.78 is 13.1. The number of nitrogens with one attached hydrogen (secondary N) is 1. The van der Waals surface area contributed by atoms with Crippen molar-refractivity contribution < 1.29 is 4.39 Å². The van der Waals surface area contributed by atoms with Crippen molar-refractivity contribution in [2.75, 3.05) is 18.8 Å². The molecule has 15 heavy (non-hydrogen) atoms. The molecule has 0 unspecified atom stereocenters. The first kappa shape index (κ1) is 10.8. The molecule has 1 saturated heterocycles. The average Bonchev–Trinajstić information content (AvgIpc) is 2.17. The van der Waals surface area contributed by atoms with E-state index in [1.54, 1.807) is 17.8 Å². The van der Waals surface area contributed by atoms with Crippen LogP contribution < -0.4 is 11.1 Å². The SMILES string of the molecule is Nc1cc(F)cc(SC2CCNCC2)c1. The molecular weight excluding hydrogens is 211 g/mol. The summed E-state index contributed by atoms with van der Waals surface area (Å²) in [7, 11) is 0. The van der Waals surface area contributed by atoms with Crippen LogP contribution in [0.3, 0.4) is 0 Å². The highest BCUT2D eigenvalue weighted by atomic mass is 32.2. The zero-order valence-corrected chi connectivity index (χ0v) is 9.32. The molecule has 1 fully saturated rings. The van der Waals surface area contributed by atoms with Crippen molar-refractivity contribution in [3.8, 4) is 0 Å². The zero-order valence-electron chi connectivity index (χ0n) is 8.50. The first-order valence-electron chi connectivity index (χ1n) is 5.17. The molecule has 1 aliphatic heterocycles. The van der Waals surface area contributed by atoms with E-state index < -0.39 is 0 Å². The summed E-state index contributed by atoms with van der Waals surface area (Å²) >= 11 is 1.73. The maximum absolute atomic E-state index is 13.1. The van der Waals surface area contributed by atoms with Gasteiger partial charge in [-0.25, -0.2) is 4.39 Å². The van der Waals surface area contributed by atoms with E-state index in [0.717, 1.165) is 30.8 Å². The van der Waals surface area contributed by atoms with Crippen LogP contribution in [0.25, 0.3) is 0 Å². The van der Waals surface area contributed by atoms with E-state index in [4.69, 9.17) is 5.73 Å². The van der Waals surface area contributed by atoms with Crippen molar-refractivity contribution in [3.05, 3.63) is 24.0 Å². The number of nitrogen functional groups attached to an aromatic ring is 1. The van der Waals surface area contributed by atoms with Crippen LogP contribution in [0.1, 0.15) is 12.8 Å². The van der Waals surface area contributed by atoms with Crippen LogP contribution in [-0.2, 0) is 0 Å². The third kappa shape index (κ3) is 3.11. The summed E-state index contributed by atoms with van der Waals surface area (Å²) in [5, 5.41) is 3.90. The lowest BCUT2D eigenvalue weighted by atomic mass is 10.2. The summed E-state index contributed by atoms with van der Waals surface area (Å²) in [6.07, 6.45) is 2.28. The van der Waals surface area contributed by atoms with Gasteiger partial charge >= 0.3 is 0 Å². The summed E-state index contributed by atoms with van der Waals surface area (Å²) in [6.45, 7) is 2.12. The van der Waals surface area contributed by atoms with Gasteiger partial charge in [0.2, 0.25) is 0 Å². The Balaban J connectivity index is 2.02. The molecular formula is C11H15FN2S. The Kier molecular flexibility index (Phi) is 3.49. The fourth-order valence-electron chi connectivity index (χ4n) is 1.76. The molecule has 1 aliphatic rings. The monoisotopic (exact) mass is 226 g/mol. The number of halogens is 1. The van der Waals surface area contributed by atoms with E-state index in [9.17, 15) is 4.39 Å². The highest BCUT2D eigenvalue weighted by molar-refractivity contribution is 8.00. The quantitative estimate of drug-likeness (QED) is 0.760. The van der Waals surface area contributed by atoms with Crippen molar-refractivity contribution in [1.82, 2.24) is 5.32 Å². The maximum Gasteiger partial charge on any atom is 0.126 e. The largest absolute Gasteiger partial charge is 0.399 e. The predicted molar refractivity (Wildman–Crippen MR) is 62.6 cm³/mol. The van der Waals surface area contributed by atoms with Gasteiger partial charge in [-0.3, -0.25) is 0 Å². The fraction of sp³-hybridized carbons (Fsp3) is 0.455. The van der Waals surface area contributed by atoms with Crippen LogP contribution in [0, 0.1) is 5.82 Å². The number of rotatable bonds is 2. The molecule has 0 amide bonds. The number of hydrogen-bond acceptors (Lipinski definition) is 3. The van der Waals surface area contributed by atoms with Crippen LogP contribution in [0.5, 0.6) is 0 Å². The standard InChI is InChI=1S/C11H15FN2S/c12-8-5-9(13)7-11(6-8)15-10-1-3-14-4-2-10/h5-7,10,14H,1-4,13H2. The summed E-state index contributed by atoms with van der Waals surface area (Å²) in [5.41, 5.74) is 6.10. The normalized spacial score (nSPS) is 17.9. The molecule has 1 aromatic carbocycles. The molecule has 0 aromatic heterocycles.